The van der Waals surface area contributed by atoms with Crippen molar-refractivity contribution < 1.29 is 4.74 Å². The summed E-state index contributed by atoms with van der Waals surface area (Å²) in [5, 5.41) is 0. The van der Waals surface area contributed by atoms with Gasteiger partial charge in [-0.2, -0.15) is 0 Å². The van der Waals surface area contributed by atoms with Crippen molar-refractivity contribution in [3.63, 3.8) is 0 Å². The lowest BCUT2D eigenvalue weighted by Gasteiger charge is -2.41. The Labute approximate surface area is 97.8 Å². The van der Waals surface area contributed by atoms with Gasteiger partial charge in [0.1, 0.15) is 0 Å². The van der Waals surface area contributed by atoms with Crippen LogP contribution in [0.1, 0.15) is 43.4 Å². The van der Waals surface area contributed by atoms with Gasteiger partial charge in [-0.15, -0.1) is 0 Å². The number of hydrogen-bond donors (Lipinski definition) is 1. The Morgan fingerprint density at radius 3 is 2.69 bits per heavy atom. The molecular weight excluding hydrogens is 198 g/mol. The molecule has 1 saturated carbocycles. The van der Waals surface area contributed by atoms with Gasteiger partial charge in [-0.3, -0.25) is 0 Å². The summed E-state index contributed by atoms with van der Waals surface area (Å²) in [4.78, 5) is 0. The fraction of sp³-hybridized carbons (Fsp3) is 0.571. The Balaban J connectivity index is 2.28. The van der Waals surface area contributed by atoms with E-state index < -0.39 is 0 Å². The van der Waals surface area contributed by atoms with Crippen LogP contribution in [0.3, 0.4) is 0 Å². The van der Waals surface area contributed by atoms with Crippen LogP contribution in [0, 0.1) is 0 Å². The molecule has 0 saturated heterocycles. The van der Waals surface area contributed by atoms with Gasteiger partial charge in [0.25, 0.3) is 0 Å². The molecule has 1 aliphatic rings. The molecule has 1 aliphatic carbocycles. The van der Waals surface area contributed by atoms with Crippen molar-refractivity contribution >= 4 is 0 Å². The molecule has 0 aliphatic heterocycles. The molecule has 2 nitrogen and oxygen atoms in total. The molecule has 1 aromatic rings. The molecule has 1 unspecified atom stereocenters. The summed E-state index contributed by atoms with van der Waals surface area (Å²) in [5.74, 6) is 0. The summed E-state index contributed by atoms with van der Waals surface area (Å²) in [6.07, 6.45) is 3.93. The van der Waals surface area contributed by atoms with Gasteiger partial charge in [-0.05, 0) is 30.9 Å². The van der Waals surface area contributed by atoms with Crippen molar-refractivity contribution in [3.8, 4) is 0 Å². The van der Waals surface area contributed by atoms with E-state index in [0.29, 0.717) is 0 Å². The van der Waals surface area contributed by atoms with Gasteiger partial charge >= 0.3 is 0 Å². The lowest BCUT2D eigenvalue weighted by Crippen LogP contribution is -2.41. The molecule has 0 heterocycles. The molecule has 2 rings (SSSR count). The predicted molar refractivity (Wildman–Crippen MR) is 66.4 cm³/mol. The SMILES string of the molecule is COC(C)c1cccc(C2(CN)CCC2)c1. The Kier molecular flexibility index (Phi) is 3.31. The van der Waals surface area contributed by atoms with E-state index in [2.05, 4.69) is 31.2 Å². The van der Waals surface area contributed by atoms with E-state index in [-0.39, 0.29) is 11.5 Å². The van der Waals surface area contributed by atoms with Crippen molar-refractivity contribution in [3.05, 3.63) is 35.4 Å². The van der Waals surface area contributed by atoms with Gasteiger partial charge in [-0.25, -0.2) is 0 Å². The molecule has 16 heavy (non-hydrogen) atoms. The van der Waals surface area contributed by atoms with E-state index in [0.717, 1.165) is 6.54 Å². The van der Waals surface area contributed by atoms with Crippen LogP contribution in [0.5, 0.6) is 0 Å². The van der Waals surface area contributed by atoms with Crippen LogP contribution >= 0.6 is 0 Å². The number of hydrogen-bond acceptors (Lipinski definition) is 2. The molecule has 0 amide bonds. The average Bonchev–Trinajstić information content (AvgIpc) is 2.28. The number of methoxy groups -OCH3 is 1. The van der Waals surface area contributed by atoms with Crippen molar-refractivity contribution in [2.24, 2.45) is 5.73 Å². The monoisotopic (exact) mass is 219 g/mol. The van der Waals surface area contributed by atoms with Crippen molar-refractivity contribution in [2.75, 3.05) is 13.7 Å². The molecule has 0 radical (unpaired) electrons. The fourth-order valence-electron chi connectivity index (χ4n) is 2.47. The van der Waals surface area contributed by atoms with E-state index in [1.807, 2.05) is 0 Å². The summed E-state index contributed by atoms with van der Waals surface area (Å²) in [5.41, 5.74) is 8.82. The van der Waals surface area contributed by atoms with Gasteiger partial charge in [0.2, 0.25) is 0 Å². The summed E-state index contributed by atoms with van der Waals surface area (Å²) < 4.78 is 5.36. The standard InChI is InChI=1S/C14H21NO/c1-11(16-2)12-5-3-6-13(9-12)14(10-15)7-4-8-14/h3,5-6,9,11H,4,7-8,10,15H2,1-2H3. The molecule has 0 spiro atoms. The molecule has 1 fully saturated rings. The third-order valence-corrected chi connectivity index (χ3v) is 4.02. The summed E-state index contributed by atoms with van der Waals surface area (Å²) in [7, 11) is 1.75. The van der Waals surface area contributed by atoms with E-state index in [4.69, 9.17) is 10.5 Å². The first-order valence-corrected chi connectivity index (χ1v) is 6.05. The third-order valence-electron chi connectivity index (χ3n) is 4.02. The second-order valence-electron chi connectivity index (χ2n) is 4.84. The van der Waals surface area contributed by atoms with E-state index >= 15 is 0 Å². The molecule has 2 N–H and O–H groups in total. The largest absolute Gasteiger partial charge is 0.377 e. The van der Waals surface area contributed by atoms with Crippen LogP contribution in [0.15, 0.2) is 24.3 Å². The minimum Gasteiger partial charge on any atom is -0.377 e. The Morgan fingerprint density at radius 1 is 1.44 bits per heavy atom. The molecule has 0 bridgehead atoms. The predicted octanol–water partition coefficient (Wildman–Crippen LogP) is 2.77. The lowest BCUT2D eigenvalue weighted by molar-refractivity contribution is 0.119. The second kappa shape index (κ2) is 4.56. The maximum Gasteiger partial charge on any atom is 0.0793 e. The normalized spacial score (nSPS) is 20.2. The maximum atomic E-state index is 5.93. The van der Waals surface area contributed by atoms with Crippen LogP contribution in [0.25, 0.3) is 0 Å². The van der Waals surface area contributed by atoms with E-state index in [9.17, 15) is 0 Å². The first-order valence-electron chi connectivity index (χ1n) is 6.05. The first kappa shape index (κ1) is 11.6. The minimum absolute atomic E-state index is 0.162. The van der Waals surface area contributed by atoms with E-state index in [1.54, 1.807) is 7.11 Å². The van der Waals surface area contributed by atoms with Gasteiger partial charge in [0.15, 0.2) is 0 Å². The van der Waals surface area contributed by atoms with Crippen LogP contribution < -0.4 is 5.73 Å². The van der Waals surface area contributed by atoms with Crippen LogP contribution in [0.2, 0.25) is 0 Å². The molecule has 2 heteroatoms. The summed E-state index contributed by atoms with van der Waals surface area (Å²) >= 11 is 0. The quantitative estimate of drug-likeness (QED) is 0.845. The van der Waals surface area contributed by atoms with E-state index in [1.165, 1.54) is 30.4 Å². The topological polar surface area (TPSA) is 35.2 Å². The zero-order chi connectivity index (χ0) is 11.6. The van der Waals surface area contributed by atoms with Gasteiger partial charge in [0, 0.05) is 19.1 Å². The van der Waals surface area contributed by atoms with Crippen LogP contribution in [-0.4, -0.2) is 13.7 Å². The van der Waals surface area contributed by atoms with Crippen molar-refractivity contribution in [2.45, 2.75) is 37.7 Å². The van der Waals surface area contributed by atoms with Gasteiger partial charge in [-0.1, -0.05) is 30.7 Å². The molecule has 0 aromatic heterocycles. The lowest BCUT2D eigenvalue weighted by atomic mass is 9.64. The second-order valence-corrected chi connectivity index (χ2v) is 4.84. The molecular formula is C14H21NO. The maximum absolute atomic E-state index is 5.93. The fourth-order valence-corrected chi connectivity index (χ4v) is 2.47. The Morgan fingerprint density at radius 2 is 2.19 bits per heavy atom. The highest BCUT2D eigenvalue weighted by Gasteiger charge is 2.37. The van der Waals surface area contributed by atoms with Crippen molar-refractivity contribution in [1.29, 1.82) is 0 Å². The third kappa shape index (κ3) is 1.87. The number of nitrogens with two attached hydrogens (primary N) is 1. The first-order chi connectivity index (χ1) is 7.72. The number of ether oxygens (including phenoxy) is 1. The summed E-state index contributed by atoms with van der Waals surface area (Å²) in [6.45, 7) is 2.84. The highest BCUT2D eigenvalue weighted by Crippen LogP contribution is 2.43. The van der Waals surface area contributed by atoms with Gasteiger partial charge in [0.05, 0.1) is 6.10 Å². The smallest absolute Gasteiger partial charge is 0.0793 e. The van der Waals surface area contributed by atoms with Crippen LogP contribution in [-0.2, 0) is 10.2 Å². The Bertz CT molecular complexity index is 352. The molecule has 1 aromatic carbocycles. The van der Waals surface area contributed by atoms with Gasteiger partial charge < -0.3 is 10.5 Å². The summed E-state index contributed by atoms with van der Waals surface area (Å²) in [6, 6.07) is 8.72. The highest BCUT2D eigenvalue weighted by molar-refractivity contribution is 5.33. The zero-order valence-electron chi connectivity index (χ0n) is 10.2. The highest BCUT2D eigenvalue weighted by atomic mass is 16.5. The number of rotatable bonds is 4. The van der Waals surface area contributed by atoms with Crippen LogP contribution in [0.4, 0.5) is 0 Å². The molecule has 1 atom stereocenters. The average molecular weight is 219 g/mol. The number of benzene rings is 1. The zero-order valence-corrected chi connectivity index (χ0v) is 10.2. The Hall–Kier alpha value is -0.860. The molecule has 88 valence electrons. The van der Waals surface area contributed by atoms with Crippen molar-refractivity contribution in [1.82, 2.24) is 0 Å². The minimum atomic E-state index is 0.162.